The Labute approximate surface area is 163 Å². The van der Waals surface area contributed by atoms with Crippen LogP contribution in [0.3, 0.4) is 0 Å². The number of hydrogen-bond acceptors (Lipinski definition) is 5. The molecule has 0 aliphatic heterocycles. The molecule has 3 aromatic carbocycles. The first-order chi connectivity index (χ1) is 13.7. The van der Waals surface area contributed by atoms with Crippen LogP contribution in [0.4, 0.5) is 0 Å². The Morgan fingerprint density at radius 1 is 0.714 bits per heavy atom. The van der Waals surface area contributed by atoms with Gasteiger partial charge in [-0.3, -0.25) is 0 Å². The quantitative estimate of drug-likeness (QED) is 0.454. The van der Waals surface area contributed by atoms with Gasteiger partial charge >= 0.3 is 11.9 Å². The summed E-state index contributed by atoms with van der Waals surface area (Å²) in [5.41, 5.74) is 1.91. The highest BCUT2D eigenvalue weighted by atomic mass is 16.5. The second-order valence-corrected chi connectivity index (χ2v) is 6.01. The van der Waals surface area contributed by atoms with E-state index in [2.05, 4.69) is 0 Å². The molecule has 0 aromatic heterocycles. The fourth-order valence-corrected chi connectivity index (χ4v) is 2.54. The van der Waals surface area contributed by atoms with Gasteiger partial charge in [0.05, 0.1) is 24.8 Å². The molecule has 0 fully saturated rings. The van der Waals surface area contributed by atoms with Crippen molar-refractivity contribution in [2.24, 2.45) is 0 Å². The number of esters is 2. The van der Waals surface area contributed by atoms with Crippen LogP contribution in [0.2, 0.25) is 0 Å². The maximum absolute atomic E-state index is 12.1. The Hall–Kier alpha value is -3.60. The molecular formula is C23H20O5. The number of methoxy groups -OCH3 is 1. The molecule has 0 heterocycles. The van der Waals surface area contributed by atoms with Crippen molar-refractivity contribution in [3.63, 3.8) is 0 Å². The van der Waals surface area contributed by atoms with Crippen LogP contribution in [0.25, 0.3) is 0 Å². The van der Waals surface area contributed by atoms with E-state index in [1.54, 1.807) is 55.6 Å². The molecule has 3 aromatic rings. The van der Waals surface area contributed by atoms with Crippen LogP contribution in [0.5, 0.6) is 11.5 Å². The van der Waals surface area contributed by atoms with Crippen LogP contribution in [0.15, 0.2) is 78.9 Å². The number of rotatable bonds is 7. The minimum Gasteiger partial charge on any atom is -0.497 e. The predicted octanol–water partition coefficient (Wildman–Crippen LogP) is 4.31. The van der Waals surface area contributed by atoms with Gasteiger partial charge in [-0.2, -0.15) is 0 Å². The SMILES string of the molecule is COc1ccc(CCOC(=O)c2ccc(OC(=O)c3ccccc3)cc2)cc1. The van der Waals surface area contributed by atoms with Crippen molar-refractivity contribution in [2.75, 3.05) is 13.7 Å². The summed E-state index contributed by atoms with van der Waals surface area (Å²) in [6.07, 6.45) is 0.614. The van der Waals surface area contributed by atoms with E-state index in [4.69, 9.17) is 14.2 Å². The Morgan fingerprint density at radius 2 is 1.32 bits per heavy atom. The molecule has 5 nitrogen and oxygen atoms in total. The molecule has 0 atom stereocenters. The van der Waals surface area contributed by atoms with Crippen molar-refractivity contribution >= 4 is 11.9 Å². The summed E-state index contributed by atoms with van der Waals surface area (Å²) in [6, 6.07) is 22.6. The van der Waals surface area contributed by atoms with Crippen LogP contribution >= 0.6 is 0 Å². The third kappa shape index (κ3) is 5.20. The zero-order valence-corrected chi connectivity index (χ0v) is 15.5. The van der Waals surface area contributed by atoms with Crippen molar-refractivity contribution in [2.45, 2.75) is 6.42 Å². The molecule has 5 heteroatoms. The first-order valence-corrected chi connectivity index (χ1v) is 8.83. The molecule has 0 N–H and O–H groups in total. The molecule has 142 valence electrons. The minimum atomic E-state index is -0.449. The summed E-state index contributed by atoms with van der Waals surface area (Å²) in [6.45, 7) is 0.274. The van der Waals surface area contributed by atoms with Crippen molar-refractivity contribution < 1.29 is 23.8 Å². The van der Waals surface area contributed by atoms with Crippen molar-refractivity contribution in [1.29, 1.82) is 0 Å². The standard InChI is InChI=1S/C23H20O5/c1-26-20-11-7-17(8-12-20)15-16-27-22(24)19-9-13-21(14-10-19)28-23(25)18-5-3-2-4-6-18/h2-14H,15-16H2,1H3. The van der Waals surface area contributed by atoms with Crippen LogP contribution in [0.1, 0.15) is 26.3 Å². The van der Waals surface area contributed by atoms with Crippen molar-refractivity contribution in [1.82, 2.24) is 0 Å². The molecule has 0 bridgehead atoms. The highest BCUT2D eigenvalue weighted by Gasteiger charge is 2.10. The van der Waals surface area contributed by atoms with Gasteiger partial charge in [-0.05, 0) is 54.1 Å². The third-order valence-corrected chi connectivity index (χ3v) is 4.09. The smallest absolute Gasteiger partial charge is 0.343 e. The van der Waals surface area contributed by atoms with Crippen LogP contribution in [-0.2, 0) is 11.2 Å². The molecule has 0 aliphatic rings. The summed E-state index contributed by atoms with van der Waals surface area (Å²) < 4.78 is 15.7. The van der Waals surface area contributed by atoms with E-state index in [0.29, 0.717) is 23.3 Å². The largest absolute Gasteiger partial charge is 0.497 e. The molecular weight excluding hydrogens is 356 g/mol. The van der Waals surface area contributed by atoms with Crippen molar-refractivity contribution in [3.8, 4) is 11.5 Å². The Balaban J connectivity index is 1.49. The summed E-state index contributed by atoms with van der Waals surface area (Å²) in [4.78, 5) is 24.2. The number of benzene rings is 3. The monoisotopic (exact) mass is 376 g/mol. The van der Waals surface area contributed by atoms with Gasteiger partial charge in [-0.1, -0.05) is 30.3 Å². The van der Waals surface area contributed by atoms with Gasteiger partial charge in [-0.15, -0.1) is 0 Å². The van der Waals surface area contributed by atoms with Gasteiger partial charge in [0.25, 0.3) is 0 Å². The topological polar surface area (TPSA) is 61.8 Å². The van der Waals surface area contributed by atoms with Gasteiger partial charge in [0.1, 0.15) is 11.5 Å². The number of ether oxygens (including phenoxy) is 3. The maximum Gasteiger partial charge on any atom is 0.343 e. The normalized spacial score (nSPS) is 10.2. The van der Waals surface area contributed by atoms with E-state index in [0.717, 1.165) is 11.3 Å². The highest BCUT2D eigenvalue weighted by molar-refractivity contribution is 5.92. The first kappa shape index (κ1) is 19.2. The predicted molar refractivity (Wildman–Crippen MR) is 105 cm³/mol. The molecule has 0 radical (unpaired) electrons. The lowest BCUT2D eigenvalue weighted by atomic mass is 10.1. The molecule has 0 amide bonds. The maximum atomic E-state index is 12.1. The fourth-order valence-electron chi connectivity index (χ4n) is 2.54. The van der Waals surface area contributed by atoms with Gasteiger partial charge in [-0.25, -0.2) is 9.59 Å². The highest BCUT2D eigenvalue weighted by Crippen LogP contribution is 2.16. The van der Waals surface area contributed by atoms with E-state index in [9.17, 15) is 9.59 Å². The zero-order chi connectivity index (χ0) is 19.8. The van der Waals surface area contributed by atoms with Gasteiger partial charge < -0.3 is 14.2 Å². The van der Waals surface area contributed by atoms with Crippen molar-refractivity contribution in [3.05, 3.63) is 95.6 Å². The molecule has 0 unspecified atom stereocenters. The van der Waals surface area contributed by atoms with Crippen LogP contribution in [-0.4, -0.2) is 25.7 Å². The molecule has 0 saturated heterocycles. The average Bonchev–Trinajstić information content (AvgIpc) is 2.75. The minimum absolute atomic E-state index is 0.274. The lowest BCUT2D eigenvalue weighted by Gasteiger charge is -2.07. The van der Waals surface area contributed by atoms with E-state index in [-0.39, 0.29) is 6.61 Å². The zero-order valence-electron chi connectivity index (χ0n) is 15.5. The van der Waals surface area contributed by atoms with E-state index >= 15 is 0 Å². The van der Waals surface area contributed by atoms with E-state index < -0.39 is 11.9 Å². The van der Waals surface area contributed by atoms with Gasteiger partial charge in [0, 0.05) is 6.42 Å². The first-order valence-electron chi connectivity index (χ1n) is 8.83. The Bertz CT molecular complexity index is 915. The molecule has 0 aliphatic carbocycles. The molecule has 3 rings (SSSR count). The number of carbonyl (C=O) groups is 2. The lowest BCUT2D eigenvalue weighted by molar-refractivity contribution is 0.0509. The summed E-state index contributed by atoms with van der Waals surface area (Å²) >= 11 is 0. The fraction of sp³-hybridized carbons (Fsp3) is 0.130. The molecule has 0 saturated carbocycles. The summed E-state index contributed by atoms with van der Waals surface area (Å²) in [5, 5.41) is 0. The number of hydrogen-bond donors (Lipinski definition) is 0. The van der Waals surface area contributed by atoms with E-state index in [1.807, 2.05) is 30.3 Å². The van der Waals surface area contributed by atoms with Crippen LogP contribution in [0, 0.1) is 0 Å². The average molecular weight is 376 g/mol. The molecule has 28 heavy (non-hydrogen) atoms. The van der Waals surface area contributed by atoms with Crippen LogP contribution < -0.4 is 9.47 Å². The number of carbonyl (C=O) groups excluding carboxylic acids is 2. The summed E-state index contributed by atoms with van der Waals surface area (Å²) in [5.74, 6) is 0.280. The van der Waals surface area contributed by atoms with Gasteiger partial charge in [0.2, 0.25) is 0 Å². The lowest BCUT2D eigenvalue weighted by Crippen LogP contribution is -2.10. The van der Waals surface area contributed by atoms with Gasteiger partial charge in [0.15, 0.2) is 0 Å². The third-order valence-electron chi connectivity index (χ3n) is 4.09. The Morgan fingerprint density at radius 3 is 1.96 bits per heavy atom. The second-order valence-electron chi connectivity index (χ2n) is 6.01. The molecule has 0 spiro atoms. The summed E-state index contributed by atoms with van der Waals surface area (Å²) in [7, 11) is 1.62. The van der Waals surface area contributed by atoms with E-state index in [1.165, 1.54) is 0 Å². The second kappa shape index (κ2) is 9.37. The Kier molecular flexibility index (Phi) is 6.41.